The van der Waals surface area contributed by atoms with Crippen molar-refractivity contribution in [1.82, 2.24) is 4.90 Å². The predicted molar refractivity (Wildman–Crippen MR) is 136 cm³/mol. The number of alkyl halides is 3. The van der Waals surface area contributed by atoms with E-state index in [1.165, 1.54) is 23.9 Å². The highest BCUT2D eigenvalue weighted by Gasteiger charge is 2.33. The summed E-state index contributed by atoms with van der Waals surface area (Å²) < 4.78 is 45.7. The molecule has 35 heavy (non-hydrogen) atoms. The average molecular weight is 523 g/mol. The number of aryl methyl sites for hydroxylation is 2. The van der Waals surface area contributed by atoms with E-state index in [1.54, 1.807) is 25.3 Å². The molecule has 0 saturated heterocycles. The number of rotatable bonds is 7. The zero-order valence-corrected chi connectivity index (χ0v) is 21.1. The maximum absolute atomic E-state index is 13.5. The third-order valence-electron chi connectivity index (χ3n) is 5.13. The van der Waals surface area contributed by atoms with Gasteiger partial charge in [0.05, 0.1) is 22.9 Å². The molecular formula is C26H26ClF3N2O2S. The Morgan fingerprint density at radius 2 is 1.86 bits per heavy atom. The molecule has 3 aromatic carbocycles. The number of phenolic OH excluding ortho intramolecular Hbond substituents is 1. The molecule has 186 valence electrons. The van der Waals surface area contributed by atoms with Crippen molar-refractivity contribution in [3.63, 3.8) is 0 Å². The minimum atomic E-state index is -4.60. The van der Waals surface area contributed by atoms with Crippen LogP contribution in [-0.2, 0) is 17.5 Å². The Morgan fingerprint density at radius 1 is 1.09 bits per heavy atom. The summed E-state index contributed by atoms with van der Waals surface area (Å²) in [7, 11) is 1.58. The standard InChI is InChI=1S/C26H26ClF3N2O2S/c1-17-7-10-24(18(2)13-17)35-25(31-20-8-9-23(27)22(15-20)26(28,29)30)32(11-12-34-3)16-19-5-4-6-21(33)14-19/h4-10,13-15,33H,11-12,16H2,1-3H3. The monoisotopic (exact) mass is 522 g/mol. The average Bonchev–Trinajstić information content (AvgIpc) is 2.78. The molecule has 0 bridgehead atoms. The van der Waals surface area contributed by atoms with Crippen LogP contribution in [0.3, 0.4) is 0 Å². The van der Waals surface area contributed by atoms with E-state index in [9.17, 15) is 18.3 Å². The molecule has 4 nitrogen and oxygen atoms in total. The maximum Gasteiger partial charge on any atom is 0.417 e. The number of thioether (sulfide) groups is 1. The zero-order chi connectivity index (χ0) is 25.6. The van der Waals surface area contributed by atoms with E-state index < -0.39 is 11.7 Å². The Hall–Kier alpha value is -2.68. The molecule has 1 N–H and O–H groups in total. The number of nitrogens with zero attached hydrogens (tertiary/aromatic N) is 2. The van der Waals surface area contributed by atoms with Crippen LogP contribution in [0.25, 0.3) is 0 Å². The first kappa shape index (κ1) is 26.9. The number of aromatic hydroxyl groups is 1. The van der Waals surface area contributed by atoms with Gasteiger partial charge in [0.2, 0.25) is 0 Å². The van der Waals surface area contributed by atoms with Gasteiger partial charge in [-0.15, -0.1) is 0 Å². The molecule has 0 atom stereocenters. The van der Waals surface area contributed by atoms with Crippen molar-refractivity contribution in [1.29, 1.82) is 0 Å². The van der Waals surface area contributed by atoms with Gasteiger partial charge >= 0.3 is 6.18 Å². The molecule has 0 spiro atoms. The Balaban J connectivity index is 2.09. The molecule has 0 aliphatic heterocycles. The van der Waals surface area contributed by atoms with Crippen molar-refractivity contribution in [3.05, 3.63) is 87.9 Å². The molecule has 3 rings (SSSR count). The summed E-state index contributed by atoms with van der Waals surface area (Å²) in [5, 5.41) is 10.0. The third kappa shape index (κ3) is 7.65. The van der Waals surface area contributed by atoms with Gasteiger partial charge in [-0.25, -0.2) is 4.99 Å². The van der Waals surface area contributed by atoms with Crippen LogP contribution in [-0.4, -0.2) is 35.4 Å². The summed E-state index contributed by atoms with van der Waals surface area (Å²) in [6.07, 6.45) is -4.60. The van der Waals surface area contributed by atoms with Crippen LogP contribution in [0.15, 0.2) is 70.6 Å². The normalized spacial score (nSPS) is 12.1. The van der Waals surface area contributed by atoms with Crippen molar-refractivity contribution < 1.29 is 23.0 Å². The van der Waals surface area contributed by atoms with E-state index in [-0.39, 0.29) is 16.5 Å². The Kier molecular flexibility index (Phi) is 9.10. The van der Waals surface area contributed by atoms with Crippen molar-refractivity contribution in [2.75, 3.05) is 20.3 Å². The molecule has 0 heterocycles. The van der Waals surface area contributed by atoms with Crippen LogP contribution in [0.2, 0.25) is 5.02 Å². The van der Waals surface area contributed by atoms with Crippen LogP contribution < -0.4 is 0 Å². The van der Waals surface area contributed by atoms with Gasteiger partial charge in [-0.05, 0) is 61.4 Å². The van der Waals surface area contributed by atoms with E-state index in [0.29, 0.717) is 24.9 Å². The summed E-state index contributed by atoms with van der Waals surface area (Å²) in [6.45, 7) is 5.15. The maximum atomic E-state index is 13.5. The zero-order valence-electron chi connectivity index (χ0n) is 19.6. The lowest BCUT2D eigenvalue weighted by Gasteiger charge is -2.26. The van der Waals surface area contributed by atoms with Crippen molar-refractivity contribution >= 4 is 34.2 Å². The number of ether oxygens (including phenoxy) is 1. The van der Waals surface area contributed by atoms with Gasteiger partial charge in [0.1, 0.15) is 5.75 Å². The highest BCUT2D eigenvalue weighted by molar-refractivity contribution is 8.13. The van der Waals surface area contributed by atoms with Crippen LogP contribution >= 0.6 is 23.4 Å². The molecular weight excluding hydrogens is 497 g/mol. The molecule has 0 fully saturated rings. The molecule has 0 aliphatic rings. The van der Waals surface area contributed by atoms with Crippen LogP contribution in [0.1, 0.15) is 22.3 Å². The van der Waals surface area contributed by atoms with Crippen LogP contribution in [0.4, 0.5) is 18.9 Å². The van der Waals surface area contributed by atoms with Crippen molar-refractivity contribution in [2.45, 2.75) is 31.5 Å². The van der Waals surface area contributed by atoms with Gasteiger partial charge in [0.25, 0.3) is 0 Å². The number of amidine groups is 1. The van der Waals surface area contributed by atoms with Crippen LogP contribution in [0.5, 0.6) is 5.75 Å². The molecule has 0 aromatic heterocycles. The number of hydrogen-bond donors (Lipinski definition) is 1. The summed E-state index contributed by atoms with van der Waals surface area (Å²) in [5.74, 6) is 0.127. The summed E-state index contributed by atoms with van der Waals surface area (Å²) in [4.78, 5) is 7.48. The van der Waals surface area contributed by atoms with Crippen molar-refractivity contribution in [2.24, 2.45) is 4.99 Å². The lowest BCUT2D eigenvalue weighted by Crippen LogP contribution is -2.31. The first-order chi connectivity index (χ1) is 16.6. The number of phenols is 1. The highest BCUT2D eigenvalue weighted by Crippen LogP contribution is 2.37. The number of hydrogen-bond acceptors (Lipinski definition) is 4. The molecule has 0 saturated carbocycles. The second kappa shape index (κ2) is 11.8. The molecule has 0 aliphatic carbocycles. The molecule has 0 radical (unpaired) electrons. The lowest BCUT2D eigenvalue weighted by molar-refractivity contribution is -0.137. The minimum absolute atomic E-state index is 0.127. The lowest BCUT2D eigenvalue weighted by atomic mass is 10.2. The first-order valence-electron chi connectivity index (χ1n) is 10.8. The van der Waals surface area contributed by atoms with Gasteiger partial charge in [0, 0.05) is 25.1 Å². The van der Waals surface area contributed by atoms with E-state index in [0.717, 1.165) is 27.7 Å². The minimum Gasteiger partial charge on any atom is -0.508 e. The fourth-order valence-electron chi connectivity index (χ4n) is 3.40. The molecule has 0 amide bonds. The topological polar surface area (TPSA) is 45.1 Å². The molecule has 0 unspecified atom stereocenters. The Morgan fingerprint density at radius 3 is 2.51 bits per heavy atom. The van der Waals surface area contributed by atoms with Gasteiger partial charge in [-0.2, -0.15) is 13.2 Å². The van der Waals surface area contributed by atoms with Crippen molar-refractivity contribution in [3.8, 4) is 5.75 Å². The predicted octanol–water partition coefficient (Wildman–Crippen LogP) is 7.61. The van der Waals surface area contributed by atoms with E-state index >= 15 is 0 Å². The van der Waals surface area contributed by atoms with Crippen LogP contribution in [0, 0.1) is 13.8 Å². The van der Waals surface area contributed by atoms with E-state index in [4.69, 9.17) is 16.3 Å². The Bertz CT molecular complexity index is 1200. The number of methoxy groups -OCH3 is 1. The molecule has 9 heteroatoms. The quantitative estimate of drug-likeness (QED) is 0.197. The second-order valence-corrected chi connectivity index (χ2v) is 9.43. The van der Waals surface area contributed by atoms with E-state index in [1.807, 2.05) is 43.0 Å². The summed E-state index contributed by atoms with van der Waals surface area (Å²) in [6, 6.07) is 16.4. The van der Waals surface area contributed by atoms with E-state index in [2.05, 4.69) is 4.99 Å². The fraction of sp³-hybridized carbons (Fsp3) is 0.269. The fourth-order valence-corrected chi connectivity index (χ4v) is 4.61. The summed E-state index contributed by atoms with van der Waals surface area (Å²) in [5.41, 5.74) is 2.15. The first-order valence-corrected chi connectivity index (χ1v) is 12.0. The number of benzene rings is 3. The largest absolute Gasteiger partial charge is 0.508 e. The summed E-state index contributed by atoms with van der Waals surface area (Å²) >= 11 is 7.17. The third-order valence-corrected chi connectivity index (χ3v) is 6.67. The highest BCUT2D eigenvalue weighted by atomic mass is 35.5. The number of aliphatic imine (C=N–C) groups is 1. The van der Waals surface area contributed by atoms with Gasteiger partial charge in [-0.1, -0.05) is 53.2 Å². The SMILES string of the molecule is COCCN(Cc1cccc(O)c1)C(=Nc1ccc(Cl)c(C(F)(F)F)c1)Sc1ccc(C)cc1C. The van der Waals surface area contributed by atoms with Gasteiger partial charge < -0.3 is 14.7 Å². The smallest absolute Gasteiger partial charge is 0.417 e. The van der Waals surface area contributed by atoms with Gasteiger partial charge in [-0.3, -0.25) is 0 Å². The second-order valence-electron chi connectivity index (χ2n) is 8.01. The molecule has 3 aromatic rings. The number of halogens is 4. The Labute approximate surface area is 212 Å². The van der Waals surface area contributed by atoms with Gasteiger partial charge in [0.15, 0.2) is 5.17 Å².